The molecule has 3 aliphatic heterocycles. The number of piperidine rings is 3. The minimum atomic E-state index is 0.0966. The molecule has 2 aromatic carbocycles. The molecular weight excluding hydrogens is 424 g/mol. The van der Waals surface area contributed by atoms with Crippen LogP contribution in [0.15, 0.2) is 75.8 Å². The quantitative estimate of drug-likeness (QED) is 0.486. The van der Waals surface area contributed by atoms with Gasteiger partial charge in [-0.05, 0) is 80.4 Å². The number of para-hydroxylation sites is 1. The number of fused-ring (bicyclic) bond motifs is 3. The van der Waals surface area contributed by atoms with Gasteiger partial charge in [-0.3, -0.25) is 4.79 Å². The van der Waals surface area contributed by atoms with E-state index in [9.17, 15) is 4.79 Å². The van der Waals surface area contributed by atoms with E-state index in [-0.39, 0.29) is 11.9 Å². The molecule has 0 radical (unpaired) electrons. The molecule has 0 N–H and O–H groups in total. The number of thiophene rings is 1. The summed E-state index contributed by atoms with van der Waals surface area (Å²) in [5.41, 5.74) is 1.74. The number of carbonyl (C=O) groups is 1. The number of methoxy groups -OCH3 is 1. The highest BCUT2D eigenvalue weighted by molar-refractivity contribution is 8.01. The SMILES string of the molecule is COc1ccc(Sc2ccc(C(=O)N(c3ccccc3)[C@H]3CN4CCC3CC4)cc2)s1. The van der Waals surface area contributed by atoms with Crippen LogP contribution in [0.5, 0.6) is 5.06 Å². The molecule has 6 heteroatoms. The van der Waals surface area contributed by atoms with Crippen LogP contribution in [0.1, 0.15) is 23.2 Å². The summed E-state index contributed by atoms with van der Waals surface area (Å²) in [7, 11) is 1.69. The van der Waals surface area contributed by atoms with E-state index in [4.69, 9.17) is 4.74 Å². The third kappa shape index (κ3) is 4.38. The standard InChI is InChI=1S/C25H26N2O2S2/c1-29-23-11-12-24(31-23)30-21-9-7-19(8-10-21)25(28)27(20-5-3-2-4-6-20)22-17-26-15-13-18(22)14-16-26/h2-12,18,22H,13-17H2,1H3/t22-/m0/s1. The summed E-state index contributed by atoms with van der Waals surface area (Å²) in [6.45, 7) is 3.30. The molecule has 1 amide bonds. The highest BCUT2D eigenvalue weighted by atomic mass is 32.2. The van der Waals surface area contributed by atoms with Crippen LogP contribution < -0.4 is 9.64 Å². The number of ether oxygens (including phenoxy) is 1. The topological polar surface area (TPSA) is 32.8 Å². The first-order valence-electron chi connectivity index (χ1n) is 10.7. The van der Waals surface area contributed by atoms with Crippen molar-refractivity contribution in [3.63, 3.8) is 0 Å². The Morgan fingerprint density at radius 2 is 1.77 bits per heavy atom. The van der Waals surface area contributed by atoms with Gasteiger partial charge in [0.15, 0.2) is 5.06 Å². The van der Waals surface area contributed by atoms with E-state index in [0.717, 1.165) is 40.8 Å². The van der Waals surface area contributed by atoms with Crippen molar-refractivity contribution in [3.05, 3.63) is 72.3 Å². The Labute approximate surface area is 191 Å². The fraction of sp³-hybridized carbons (Fsp3) is 0.320. The van der Waals surface area contributed by atoms with E-state index < -0.39 is 0 Å². The zero-order chi connectivity index (χ0) is 21.2. The average Bonchev–Trinajstić information content (AvgIpc) is 3.29. The molecule has 3 aliphatic rings. The van der Waals surface area contributed by atoms with Crippen molar-refractivity contribution in [2.75, 3.05) is 31.6 Å². The molecule has 31 heavy (non-hydrogen) atoms. The van der Waals surface area contributed by atoms with E-state index in [2.05, 4.69) is 28.0 Å². The second-order valence-electron chi connectivity index (χ2n) is 8.12. The Kier molecular flexibility index (Phi) is 6.03. The molecule has 3 fully saturated rings. The van der Waals surface area contributed by atoms with Crippen molar-refractivity contribution >= 4 is 34.7 Å². The molecule has 0 aliphatic carbocycles. The second-order valence-corrected chi connectivity index (χ2v) is 10.5. The summed E-state index contributed by atoms with van der Waals surface area (Å²) < 4.78 is 6.46. The van der Waals surface area contributed by atoms with Crippen molar-refractivity contribution in [2.24, 2.45) is 5.92 Å². The first kappa shape index (κ1) is 20.6. The van der Waals surface area contributed by atoms with E-state index in [1.807, 2.05) is 48.5 Å². The lowest BCUT2D eigenvalue weighted by atomic mass is 9.82. The lowest BCUT2D eigenvalue weighted by Gasteiger charge is -2.49. The van der Waals surface area contributed by atoms with Crippen LogP contribution in [0.4, 0.5) is 5.69 Å². The number of anilines is 1. The van der Waals surface area contributed by atoms with Crippen molar-refractivity contribution in [2.45, 2.75) is 28.0 Å². The van der Waals surface area contributed by atoms with E-state index in [0.29, 0.717) is 5.92 Å². The molecule has 0 unspecified atom stereocenters. The van der Waals surface area contributed by atoms with E-state index >= 15 is 0 Å². The van der Waals surface area contributed by atoms with Gasteiger partial charge in [-0.15, -0.1) is 0 Å². The van der Waals surface area contributed by atoms with Crippen molar-refractivity contribution in [1.29, 1.82) is 0 Å². The Hall–Kier alpha value is -2.28. The van der Waals surface area contributed by atoms with Gasteiger partial charge in [-0.25, -0.2) is 0 Å². The van der Waals surface area contributed by atoms with Crippen LogP contribution in [0.25, 0.3) is 0 Å². The Morgan fingerprint density at radius 1 is 1.03 bits per heavy atom. The Balaban J connectivity index is 1.38. The zero-order valence-corrected chi connectivity index (χ0v) is 19.2. The monoisotopic (exact) mass is 450 g/mol. The molecule has 160 valence electrons. The summed E-state index contributed by atoms with van der Waals surface area (Å²) in [6.07, 6.45) is 2.36. The van der Waals surface area contributed by atoms with Gasteiger partial charge in [-0.2, -0.15) is 0 Å². The predicted molar refractivity (Wildman–Crippen MR) is 128 cm³/mol. The first-order valence-corrected chi connectivity index (χ1v) is 12.4. The van der Waals surface area contributed by atoms with Crippen LogP contribution in [0.2, 0.25) is 0 Å². The maximum atomic E-state index is 13.7. The van der Waals surface area contributed by atoms with Gasteiger partial charge in [0.05, 0.1) is 17.4 Å². The first-order chi connectivity index (χ1) is 15.2. The molecule has 0 spiro atoms. The maximum Gasteiger partial charge on any atom is 0.258 e. The molecule has 3 saturated heterocycles. The maximum absolute atomic E-state index is 13.7. The van der Waals surface area contributed by atoms with Gasteiger partial charge >= 0.3 is 0 Å². The van der Waals surface area contributed by atoms with Gasteiger partial charge in [0.2, 0.25) is 0 Å². The van der Waals surface area contributed by atoms with Crippen molar-refractivity contribution < 1.29 is 9.53 Å². The molecule has 4 nitrogen and oxygen atoms in total. The normalized spacial score (nSPS) is 22.3. The fourth-order valence-corrected chi connectivity index (χ4v) is 6.56. The molecule has 1 aromatic heterocycles. The van der Waals surface area contributed by atoms with Gasteiger partial charge in [-0.1, -0.05) is 41.3 Å². The number of nitrogens with zero attached hydrogens (tertiary/aromatic N) is 2. The van der Waals surface area contributed by atoms with Gasteiger partial charge in [0, 0.05) is 22.7 Å². The van der Waals surface area contributed by atoms with Crippen molar-refractivity contribution in [1.82, 2.24) is 4.90 Å². The zero-order valence-electron chi connectivity index (χ0n) is 17.6. The average molecular weight is 451 g/mol. The van der Waals surface area contributed by atoms with Gasteiger partial charge < -0.3 is 14.5 Å². The lowest BCUT2D eigenvalue weighted by molar-refractivity contribution is 0.0734. The summed E-state index contributed by atoms with van der Waals surface area (Å²) >= 11 is 3.32. The van der Waals surface area contributed by atoms with Crippen molar-refractivity contribution in [3.8, 4) is 5.06 Å². The third-order valence-electron chi connectivity index (χ3n) is 6.28. The van der Waals surface area contributed by atoms with Crippen LogP contribution in [0.3, 0.4) is 0 Å². The smallest absolute Gasteiger partial charge is 0.258 e. The van der Waals surface area contributed by atoms with Crippen LogP contribution in [-0.2, 0) is 0 Å². The van der Waals surface area contributed by atoms with E-state index in [1.165, 1.54) is 17.1 Å². The number of hydrogen-bond acceptors (Lipinski definition) is 5. The minimum absolute atomic E-state index is 0.0966. The number of benzene rings is 2. The second kappa shape index (κ2) is 9.07. The number of rotatable bonds is 6. The van der Waals surface area contributed by atoms with Gasteiger partial charge in [0.1, 0.15) is 0 Å². The summed E-state index contributed by atoms with van der Waals surface area (Å²) in [6, 6.07) is 22.5. The third-order valence-corrected chi connectivity index (χ3v) is 8.47. The highest BCUT2D eigenvalue weighted by Gasteiger charge is 2.40. The van der Waals surface area contributed by atoms with Crippen LogP contribution >= 0.6 is 23.1 Å². The molecule has 3 aromatic rings. The molecule has 0 saturated carbocycles. The number of amides is 1. The van der Waals surface area contributed by atoms with Crippen LogP contribution in [-0.4, -0.2) is 43.6 Å². The number of carbonyl (C=O) groups excluding carboxylic acids is 1. The molecule has 2 bridgehead atoms. The lowest BCUT2D eigenvalue weighted by Crippen LogP contribution is -2.59. The molecular formula is C25H26N2O2S2. The minimum Gasteiger partial charge on any atom is -0.487 e. The largest absolute Gasteiger partial charge is 0.487 e. The van der Waals surface area contributed by atoms with Gasteiger partial charge in [0.25, 0.3) is 5.91 Å². The molecule has 4 heterocycles. The summed E-state index contributed by atoms with van der Waals surface area (Å²) in [4.78, 5) is 19.4. The molecule has 1 atom stereocenters. The predicted octanol–water partition coefficient (Wildman–Crippen LogP) is 5.65. The summed E-state index contributed by atoms with van der Waals surface area (Å²) in [5.74, 6) is 0.678. The summed E-state index contributed by atoms with van der Waals surface area (Å²) in [5, 5.41) is 0.908. The molecule has 6 rings (SSSR count). The Bertz CT molecular complexity index is 1030. The van der Waals surface area contributed by atoms with Crippen LogP contribution in [0, 0.1) is 5.92 Å². The van der Waals surface area contributed by atoms with E-state index in [1.54, 1.807) is 30.2 Å². The highest BCUT2D eigenvalue weighted by Crippen LogP contribution is 2.37. The number of hydrogen-bond donors (Lipinski definition) is 0. The Morgan fingerprint density at radius 3 is 2.39 bits per heavy atom. The fourth-order valence-electron chi connectivity index (χ4n) is 4.66.